The molecule has 0 aromatic carbocycles. The molecular formula is C13H24N2O3. The van der Waals surface area contributed by atoms with Gasteiger partial charge >= 0.3 is 0 Å². The molecule has 0 aliphatic carbocycles. The van der Waals surface area contributed by atoms with Gasteiger partial charge in [-0.3, -0.25) is 9.59 Å². The average molecular weight is 256 g/mol. The molecule has 18 heavy (non-hydrogen) atoms. The van der Waals surface area contributed by atoms with Gasteiger partial charge in [0.2, 0.25) is 11.8 Å². The smallest absolute Gasteiger partial charge is 0.219 e. The summed E-state index contributed by atoms with van der Waals surface area (Å²) in [6.45, 7) is 2.25. The molecule has 0 radical (unpaired) electrons. The molecule has 5 nitrogen and oxygen atoms in total. The predicted octanol–water partition coefficient (Wildman–Crippen LogP) is 1.30. The van der Waals surface area contributed by atoms with Crippen molar-refractivity contribution < 1.29 is 14.4 Å². The van der Waals surface area contributed by atoms with Gasteiger partial charge < -0.3 is 15.8 Å². The maximum Gasteiger partial charge on any atom is 0.219 e. The lowest BCUT2D eigenvalue weighted by atomic mass is 10.1. The minimum Gasteiger partial charge on any atom is -0.370 e. The lowest BCUT2D eigenvalue weighted by Gasteiger charge is -2.04. The van der Waals surface area contributed by atoms with Crippen LogP contribution in [0.25, 0.3) is 0 Å². The molecule has 0 aromatic heterocycles. The molecule has 0 unspecified atom stereocenters. The molecule has 0 fully saturated rings. The molecule has 0 heterocycles. The summed E-state index contributed by atoms with van der Waals surface area (Å²) in [7, 11) is 0. The van der Waals surface area contributed by atoms with Crippen LogP contribution in [0.2, 0.25) is 0 Å². The van der Waals surface area contributed by atoms with E-state index in [9.17, 15) is 14.4 Å². The van der Waals surface area contributed by atoms with Crippen LogP contribution in [0.3, 0.4) is 0 Å². The van der Waals surface area contributed by atoms with Crippen LogP contribution < -0.4 is 11.1 Å². The van der Waals surface area contributed by atoms with E-state index >= 15 is 0 Å². The number of primary amides is 1. The number of hydrogen-bond acceptors (Lipinski definition) is 3. The molecule has 0 aromatic rings. The Balaban J connectivity index is 3.26. The lowest BCUT2D eigenvalue weighted by molar-refractivity contribution is -0.122. The summed E-state index contributed by atoms with van der Waals surface area (Å²) >= 11 is 0. The topological polar surface area (TPSA) is 89.3 Å². The van der Waals surface area contributed by atoms with Crippen LogP contribution >= 0.6 is 0 Å². The number of ketones is 1. The third-order valence-electron chi connectivity index (χ3n) is 2.60. The molecule has 5 heteroatoms. The van der Waals surface area contributed by atoms with Crippen molar-refractivity contribution >= 4 is 17.6 Å². The van der Waals surface area contributed by atoms with Crippen molar-refractivity contribution in [1.29, 1.82) is 0 Å². The molecule has 0 rings (SSSR count). The first-order valence-corrected chi connectivity index (χ1v) is 6.57. The zero-order valence-electron chi connectivity index (χ0n) is 11.2. The Bertz CT molecular complexity index is 277. The van der Waals surface area contributed by atoms with E-state index in [4.69, 9.17) is 5.73 Å². The van der Waals surface area contributed by atoms with Crippen molar-refractivity contribution in [3.05, 3.63) is 0 Å². The minimum atomic E-state index is -0.319. The van der Waals surface area contributed by atoms with Crippen LogP contribution in [-0.4, -0.2) is 24.1 Å². The Morgan fingerprint density at radius 3 is 2.11 bits per heavy atom. The summed E-state index contributed by atoms with van der Waals surface area (Å²) < 4.78 is 0. The highest BCUT2D eigenvalue weighted by Gasteiger charge is 2.01. The SMILES string of the molecule is CC(=O)CCCCCNC(=O)CCCCC(N)=O. The molecule has 3 N–H and O–H groups in total. The van der Waals surface area contributed by atoms with Gasteiger partial charge in [0.25, 0.3) is 0 Å². The molecule has 0 aliphatic rings. The quantitative estimate of drug-likeness (QED) is 0.546. The molecule has 0 bridgehead atoms. The highest BCUT2D eigenvalue weighted by Crippen LogP contribution is 2.01. The minimum absolute atomic E-state index is 0.0195. The van der Waals surface area contributed by atoms with Gasteiger partial charge in [0.05, 0.1) is 0 Å². The van der Waals surface area contributed by atoms with Gasteiger partial charge in [0.15, 0.2) is 0 Å². The number of hydrogen-bond donors (Lipinski definition) is 2. The fourth-order valence-corrected chi connectivity index (χ4v) is 1.58. The number of amides is 2. The number of nitrogens with two attached hydrogens (primary N) is 1. The van der Waals surface area contributed by atoms with Crippen LogP contribution in [0.15, 0.2) is 0 Å². The molecule has 0 atom stereocenters. The largest absolute Gasteiger partial charge is 0.370 e. The third-order valence-corrected chi connectivity index (χ3v) is 2.60. The van der Waals surface area contributed by atoms with Crippen molar-refractivity contribution in [1.82, 2.24) is 5.32 Å². The molecule has 0 spiro atoms. The number of unbranched alkanes of at least 4 members (excludes halogenated alkanes) is 3. The van der Waals surface area contributed by atoms with E-state index in [-0.39, 0.29) is 17.6 Å². The zero-order valence-corrected chi connectivity index (χ0v) is 11.2. The molecule has 0 saturated heterocycles. The van der Waals surface area contributed by atoms with Crippen LogP contribution in [-0.2, 0) is 14.4 Å². The van der Waals surface area contributed by atoms with Crippen molar-refractivity contribution in [2.75, 3.05) is 6.54 Å². The van der Waals surface area contributed by atoms with E-state index in [1.807, 2.05) is 0 Å². The van der Waals surface area contributed by atoms with Crippen molar-refractivity contribution in [3.8, 4) is 0 Å². The Labute approximate surface area is 108 Å². The van der Waals surface area contributed by atoms with Crippen LogP contribution in [0.4, 0.5) is 0 Å². The van der Waals surface area contributed by atoms with E-state index in [2.05, 4.69) is 5.32 Å². The Hall–Kier alpha value is -1.39. The Morgan fingerprint density at radius 2 is 1.50 bits per heavy atom. The number of rotatable bonds is 11. The summed E-state index contributed by atoms with van der Waals surface area (Å²) in [6.07, 6.45) is 5.53. The maximum atomic E-state index is 11.3. The van der Waals surface area contributed by atoms with Crippen LogP contribution in [0.1, 0.15) is 58.3 Å². The number of nitrogens with one attached hydrogen (secondary N) is 1. The maximum absolute atomic E-state index is 11.3. The van der Waals surface area contributed by atoms with E-state index in [1.54, 1.807) is 6.92 Å². The van der Waals surface area contributed by atoms with Crippen LogP contribution in [0.5, 0.6) is 0 Å². The first-order valence-electron chi connectivity index (χ1n) is 6.57. The third kappa shape index (κ3) is 12.7. The first-order chi connectivity index (χ1) is 8.52. The number of Topliss-reactive ketones (excluding diaryl/α,β-unsaturated/α-hetero) is 1. The highest BCUT2D eigenvalue weighted by atomic mass is 16.2. The molecule has 2 amide bonds. The summed E-state index contributed by atoms with van der Waals surface area (Å²) in [5.41, 5.74) is 4.99. The summed E-state index contributed by atoms with van der Waals surface area (Å²) in [6, 6.07) is 0. The van der Waals surface area contributed by atoms with Gasteiger partial charge in [0.1, 0.15) is 5.78 Å². The second-order valence-corrected chi connectivity index (χ2v) is 4.54. The Kier molecular flexibility index (Phi) is 9.91. The number of carbonyl (C=O) groups is 3. The van der Waals surface area contributed by atoms with E-state index in [0.717, 1.165) is 19.3 Å². The standard InChI is InChI=1S/C13H24N2O3/c1-11(16)7-3-2-6-10-15-13(18)9-5-4-8-12(14)17/h2-10H2,1H3,(H2,14,17)(H,15,18). The zero-order chi connectivity index (χ0) is 13.8. The summed E-state index contributed by atoms with van der Waals surface area (Å²) in [4.78, 5) is 32.5. The average Bonchev–Trinajstić information content (AvgIpc) is 2.28. The second kappa shape index (κ2) is 10.7. The van der Waals surface area contributed by atoms with E-state index in [1.165, 1.54) is 0 Å². The van der Waals surface area contributed by atoms with Crippen molar-refractivity contribution in [2.24, 2.45) is 5.73 Å². The van der Waals surface area contributed by atoms with Gasteiger partial charge in [-0.1, -0.05) is 6.42 Å². The predicted molar refractivity (Wildman–Crippen MR) is 69.8 cm³/mol. The summed E-state index contributed by atoms with van der Waals surface area (Å²) in [5.74, 6) is -0.0830. The fraction of sp³-hybridized carbons (Fsp3) is 0.769. The van der Waals surface area contributed by atoms with Gasteiger partial charge in [0, 0.05) is 25.8 Å². The molecule has 104 valence electrons. The van der Waals surface area contributed by atoms with Crippen molar-refractivity contribution in [2.45, 2.75) is 58.3 Å². The lowest BCUT2D eigenvalue weighted by Crippen LogP contribution is -2.24. The molecular weight excluding hydrogens is 232 g/mol. The fourth-order valence-electron chi connectivity index (χ4n) is 1.58. The first kappa shape index (κ1) is 16.6. The van der Waals surface area contributed by atoms with Crippen molar-refractivity contribution in [3.63, 3.8) is 0 Å². The highest BCUT2D eigenvalue weighted by molar-refractivity contribution is 5.76. The van der Waals surface area contributed by atoms with Gasteiger partial charge in [-0.2, -0.15) is 0 Å². The Morgan fingerprint density at radius 1 is 0.889 bits per heavy atom. The molecule has 0 aliphatic heterocycles. The van der Waals surface area contributed by atoms with Gasteiger partial charge in [-0.15, -0.1) is 0 Å². The number of carbonyl (C=O) groups excluding carboxylic acids is 3. The van der Waals surface area contributed by atoms with Crippen LogP contribution in [0, 0.1) is 0 Å². The monoisotopic (exact) mass is 256 g/mol. The van der Waals surface area contributed by atoms with Gasteiger partial charge in [-0.05, 0) is 32.6 Å². The summed E-state index contributed by atoms with van der Waals surface area (Å²) in [5, 5.41) is 2.82. The molecule has 0 saturated carbocycles. The van der Waals surface area contributed by atoms with Gasteiger partial charge in [-0.25, -0.2) is 0 Å². The van der Waals surface area contributed by atoms with E-state index < -0.39 is 0 Å². The van der Waals surface area contributed by atoms with E-state index in [0.29, 0.717) is 38.6 Å². The second-order valence-electron chi connectivity index (χ2n) is 4.54. The normalized spacial score (nSPS) is 10.1.